The van der Waals surface area contributed by atoms with Gasteiger partial charge in [0.25, 0.3) is 0 Å². The Kier molecular flexibility index (Phi) is 5.16. The summed E-state index contributed by atoms with van der Waals surface area (Å²) in [5.74, 6) is -0.705. The van der Waals surface area contributed by atoms with Crippen molar-refractivity contribution in [3.63, 3.8) is 0 Å². The Bertz CT molecular complexity index is 1020. The molecule has 1 unspecified atom stereocenters. The molecule has 1 aromatic carbocycles. The van der Waals surface area contributed by atoms with Crippen LogP contribution in [0.5, 0.6) is 0 Å². The van der Waals surface area contributed by atoms with E-state index < -0.39 is 5.97 Å². The molecule has 4 rings (SSSR count). The van der Waals surface area contributed by atoms with Gasteiger partial charge in [-0.05, 0) is 43.5 Å². The lowest BCUT2D eigenvalue weighted by Gasteiger charge is -2.21. The summed E-state index contributed by atoms with van der Waals surface area (Å²) >= 11 is 1.62. The molecule has 0 bridgehead atoms. The van der Waals surface area contributed by atoms with Gasteiger partial charge in [0, 0.05) is 28.8 Å². The van der Waals surface area contributed by atoms with E-state index in [0.29, 0.717) is 17.7 Å². The molecule has 0 saturated carbocycles. The number of methoxy groups -OCH3 is 1. The highest BCUT2D eigenvalue weighted by Gasteiger charge is 2.28. The minimum Gasteiger partial charge on any atom is -0.465 e. The normalized spacial score (nSPS) is 15.5. The van der Waals surface area contributed by atoms with Crippen molar-refractivity contribution in [3.8, 4) is 10.6 Å². The second kappa shape index (κ2) is 7.90. The number of rotatable bonds is 4. The van der Waals surface area contributed by atoms with Crippen LogP contribution in [0.4, 0.5) is 5.69 Å². The Hall–Kier alpha value is -3.06. The molecule has 2 heterocycles. The number of amides is 1. The molecule has 1 aliphatic carbocycles. The fourth-order valence-corrected chi connectivity index (χ4v) is 4.50. The summed E-state index contributed by atoms with van der Waals surface area (Å²) in [5.41, 5.74) is 2.90. The molecule has 0 fully saturated rings. The summed E-state index contributed by atoms with van der Waals surface area (Å²) in [4.78, 5) is 34.8. The fraction of sp³-hybridized carbons (Fsp3) is 0.238. The van der Waals surface area contributed by atoms with E-state index in [0.717, 1.165) is 34.0 Å². The van der Waals surface area contributed by atoms with Crippen molar-refractivity contribution in [3.05, 3.63) is 64.9 Å². The van der Waals surface area contributed by atoms with E-state index in [1.54, 1.807) is 48.0 Å². The Morgan fingerprint density at radius 1 is 1.21 bits per heavy atom. The number of aromatic nitrogens is 2. The maximum Gasteiger partial charge on any atom is 0.339 e. The molecule has 1 atom stereocenters. The molecule has 0 aliphatic heterocycles. The number of aryl methyl sites for hydroxylation is 1. The molecule has 1 aliphatic rings. The summed E-state index contributed by atoms with van der Waals surface area (Å²) in [6.45, 7) is 0. The monoisotopic (exact) mass is 393 g/mol. The van der Waals surface area contributed by atoms with Crippen molar-refractivity contribution in [2.45, 2.75) is 19.3 Å². The number of nitrogens with zero attached hydrogens (tertiary/aromatic N) is 2. The van der Waals surface area contributed by atoms with Crippen molar-refractivity contribution in [2.24, 2.45) is 5.92 Å². The van der Waals surface area contributed by atoms with Gasteiger partial charge < -0.3 is 10.1 Å². The zero-order chi connectivity index (χ0) is 19.5. The van der Waals surface area contributed by atoms with Crippen molar-refractivity contribution >= 4 is 28.9 Å². The van der Waals surface area contributed by atoms with Crippen LogP contribution in [0.15, 0.2) is 48.8 Å². The van der Waals surface area contributed by atoms with Crippen LogP contribution in [-0.2, 0) is 22.4 Å². The maximum absolute atomic E-state index is 12.8. The largest absolute Gasteiger partial charge is 0.465 e. The topological polar surface area (TPSA) is 81.2 Å². The van der Waals surface area contributed by atoms with Crippen LogP contribution in [0.1, 0.15) is 27.3 Å². The number of carbonyl (C=O) groups is 2. The Labute approximate surface area is 166 Å². The lowest BCUT2D eigenvalue weighted by Crippen LogP contribution is -2.28. The third-order valence-electron chi connectivity index (χ3n) is 4.81. The number of nitrogens with one attached hydrogen (secondary N) is 1. The summed E-state index contributed by atoms with van der Waals surface area (Å²) in [7, 11) is 1.33. The number of thiazole rings is 1. The van der Waals surface area contributed by atoms with E-state index >= 15 is 0 Å². The van der Waals surface area contributed by atoms with Gasteiger partial charge in [-0.3, -0.25) is 9.78 Å². The van der Waals surface area contributed by atoms with Crippen LogP contribution in [0.3, 0.4) is 0 Å². The number of fused-ring (bicyclic) bond motifs is 1. The van der Waals surface area contributed by atoms with Gasteiger partial charge in [-0.25, -0.2) is 9.78 Å². The smallest absolute Gasteiger partial charge is 0.339 e. The first-order valence-electron chi connectivity index (χ1n) is 9.03. The summed E-state index contributed by atoms with van der Waals surface area (Å²) in [6.07, 6.45) is 5.69. The third-order valence-corrected chi connectivity index (χ3v) is 5.98. The van der Waals surface area contributed by atoms with Crippen LogP contribution in [0, 0.1) is 5.92 Å². The van der Waals surface area contributed by atoms with E-state index in [1.807, 2.05) is 12.1 Å². The van der Waals surface area contributed by atoms with Crippen LogP contribution in [-0.4, -0.2) is 29.0 Å². The molecule has 6 nitrogen and oxygen atoms in total. The molecule has 7 heteroatoms. The second-order valence-corrected chi connectivity index (χ2v) is 7.68. The van der Waals surface area contributed by atoms with Gasteiger partial charge >= 0.3 is 5.97 Å². The van der Waals surface area contributed by atoms with Gasteiger partial charge in [-0.1, -0.05) is 12.1 Å². The molecule has 1 N–H and O–H groups in total. The number of hydrogen-bond acceptors (Lipinski definition) is 6. The molecular weight excluding hydrogens is 374 g/mol. The van der Waals surface area contributed by atoms with E-state index in [9.17, 15) is 9.59 Å². The van der Waals surface area contributed by atoms with E-state index in [2.05, 4.69) is 10.3 Å². The van der Waals surface area contributed by atoms with Gasteiger partial charge in [0.05, 0.1) is 24.1 Å². The van der Waals surface area contributed by atoms with Crippen molar-refractivity contribution < 1.29 is 14.3 Å². The number of anilines is 1. The van der Waals surface area contributed by atoms with Gasteiger partial charge in [0.2, 0.25) is 5.91 Å². The zero-order valence-corrected chi connectivity index (χ0v) is 16.2. The molecule has 1 amide bonds. The minimum atomic E-state index is -0.467. The highest BCUT2D eigenvalue weighted by Crippen LogP contribution is 2.35. The molecule has 0 radical (unpaired) electrons. The number of hydrogen-bond donors (Lipinski definition) is 1. The third kappa shape index (κ3) is 3.66. The van der Waals surface area contributed by atoms with E-state index in [1.165, 1.54) is 7.11 Å². The quantitative estimate of drug-likeness (QED) is 0.683. The SMILES string of the molecule is COC(=O)c1ccccc1NC(=O)C1CCc2nc(-c3cccnc3)sc2C1. The first kappa shape index (κ1) is 18.3. The molecule has 0 spiro atoms. The Morgan fingerprint density at radius 3 is 2.86 bits per heavy atom. The highest BCUT2D eigenvalue weighted by molar-refractivity contribution is 7.15. The van der Waals surface area contributed by atoms with Gasteiger partial charge in [0.1, 0.15) is 5.01 Å². The number of ether oxygens (including phenoxy) is 1. The molecular formula is C21H19N3O3S. The first-order valence-corrected chi connectivity index (χ1v) is 9.84. The Morgan fingerprint density at radius 2 is 2.07 bits per heavy atom. The summed E-state index contributed by atoms with van der Waals surface area (Å²) in [6, 6.07) is 10.8. The van der Waals surface area contributed by atoms with Gasteiger partial charge in [0.15, 0.2) is 0 Å². The van der Waals surface area contributed by atoms with E-state index in [-0.39, 0.29) is 11.8 Å². The van der Waals surface area contributed by atoms with Crippen LogP contribution in [0.25, 0.3) is 10.6 Å². The standard InChI is InChI=1S/C21H19N3O3S/c1-27-21(26)15-6-2-3-7-16(15)23-19(25)13-8-9-17-18(11-13)28-20(24-17)14-5-4-10-22-12-14/h2-7,10,12-13H,8-9,11H2,1H3,(H,23,25). The fourth-order valence-electron chi connectivity index (χ4n) is 3.33. The Balaban J connectivity index is 1.50. The summed E-state index contributed by atoms with van der Waals surface area (Å²) < 4.78 is 4.79. The lowest BCUT2D eigenvalue weighted by atomic mass is 9.90. The van der Waals surface area contributed by atoms with Gasteiger partial charge in [-0.2, -0.15) is 0 Å². The van der Waals surface area contributed by atoms with Crippen LogP contribution >= 0.6 is 11.3 Å². The maximum atomic E-state index is 12.8. The van der Waals surface area contributed by atoms with E-state index in [4.69, 9.17) is 9.72 Å². The van der Waals surface area contributed by atoms with Crippen LogP contribution in [0.2, 0.25) is 0 Å². The van der Waals surface area contributed by atoms with Crippen LogP contribution < -0.4 is 5.32 Å². The highest BCUT2D eigenvalue weighted by atomic mass is 32.1. The molecule has 3 aromatic rings. The number of para-hydroxylation sites is 1. The molecule has 142 valence electrons. The molecule has 0 saturated heterocycles. The average Bonchev–Trinajstić information content (AvgIpc) is 3.17. The second-order valence-electron chi connectivity index (χ2n) is 6.60. The van der Waals surface area contributed by atoms with Crippen molar-refractivity contribution in [1.82, 2.24) is 9.97 Å². The number of carbonyl (C=O) groups excluding carboxylic acids is 2. The zero-order valence-electron chi connectivity index (χ0n) is 15.3. The average molecular weight is 393 g/mol. The number of pyridine rings is 1. The van der Waals surface area contributed by atoms with Crippen molar-refractivity contribution in [2.75, 3.05) is 12.4 Å². The summed E-state index contributed by atoms with van der Waals surface area (Å²) in [5, 5.41) is 3.84. The van der Waals surface area contributed by atoms with Gasteiger partial charge in [-0.15, -0.1) is 11.3 Å². The molecule has 2 aromatic heterocycles. The molecule has 28 heavy (non-hydrogen) atoms. The van der Waals surface area contributed by atoms with Crippen molar-refractivity contribution in [1.29, 1.82) is 0 Å². The predicted octanol–water partition coefficient (Wildman–Crippen LogP) is 3.74. The minimum absolute atomic E-state index is 0.0849. The first-order chi connectivity index (χ1) is 13.7. The number of benzene rings is 1. The predicted molar refractivity (Wildman–Crippen MR) is 107 cm³/mol. The number of esters is 1. The lowest BCUT2D eigenvalue weighted by molar-refractivity contribution is -0.120.